The van der Waals surface area contributed by atoms with Crippen molar-refractivity contribution in [2.75, 3.05) is 0 Å². The second-order valence-electron chi connectivity index (χ2n) is 2.29. The van der Waals surface area contributed by atoms with Crippen LogP contribution in [0.5, 0.6) is 0 Å². The summed E-state index contributed by atoms with van der Waals surface area (Å²) in [6.45, 7) is 0. The maximum absolute atomic E-state index is 13.1. The highest BCUT2D eigenvalue weighted by Gasteiger charge is 2.09. The Bertz CT molecular complexity index is 438. The van der Waals surface area contributed by atoms with E-state index in [0.717, 1.165) is 0 Å². The van der Waals surface area contributed by atoms with Crippen LogP contribution >= 0.6 is 15.9 Å². The van der Waals surface area contributed by atoms with Crippen molar-refractivity contribution in [2.45, 2.75) is 0 Å². The molecule has 0 radical (unpaired) electrons. The molecule has 5 heteroatoms. The number of fused-ring (bicyclic) bond motifs is 1. The molecule has 0 unspecified atom stereocenters. The summed E-state index contributed by atoms with van der Waals surface area (Å²) in [5.41, 5.74) is 0.370. The molecule has 0 fully saturated rings. The first-order chi connectivity index (χ1) is 5.68. The van der Waals surface area contributed by atoms with Crippen molar-refractivity contribution in [3.63, 3.8) is 0 Å². The Morgan fingerprint density at radius 3 is 2.83 bits per heavy atom. The highest BCUT2D eigenvalue weighted by atomic mass is 79.9. The fraction of sp³-hybridized carbons (Fsp3) is 0. The van der Waals surface area contributed by atoms with Crippen molar-refractivity contribution in [2.24, 2.45) is 0 Å². The second-order valence-corrected chi connectivity index (χ2v) is 3.14. The van der Waals surface area contributed by atoms with Gasteiger partial charge in [0.05, 0.1) is 9.99 Å². The number of nitrogens with zero attached hydrogens (tertiary/aromatic N) is 1. The molecule has 2 aromatic rings. The van der Waals surface area contributed by atoms with Crippen molar-refractivity contribution in [3.8, 4) is 0 Å². The monoisotopic (exact) mass is 232 g/mol. The van der Waals surface area contributed by atoms with E-state index in [9.17, 15) is 8.78 Å². The third-order valence-electron chi connectivity index (χ3n) is 1.52. The van der Waals surface area contributed by atoms with Gasteiger partial charge in [-0.1, -0.05) is 0 Å². The summed E-state index contributed by atoms with van der Waals surface area (Å²) in [5.74, 6) is -0.548. The highest BCUT2D eigenvalue weighted by molar-refractivity contribution is 9.10. The first-order valence-corrected chi connectivity index (χ1v) is 3.97. The molecule has 1 aromatic carbocycles. The summed E-state index contributed by atoms with van der Waals surface area (Å²) in [4.78, 5) is 5.63. The molecule has 1 aromatic heterocycles. The van der Waals surface area contributed by atoms with E-state index >= 15 is 0 Å². The van der Waals surface area contributed by atoms with Crippen LogP contribution in [-0.4, -0.2) is 9.97 Å². The molecule has 1 N–H and O–H groups in total. The summed E-state index contributed by atoms with van der Waals surface area (Å²) in [6, 6.07) is 3.05. The van der Waals surface area contributed by atoms with Gasteiger partial charge in [0.2, 0.25) is 0 Å². The Kier molecular flexibility index (Phi) is 1.61. The number of hydrogen-bond acceptors (Lipinski definition) is 1. The van der Waals surface area contributed by atoms with E-state index in [1.165, 1.54) is 6.07 Å². The molecule has 0 aliphatic carbocycles. The summed E-state index contributed by atoms with van der Waals surface area (Å²) >= 11 is 2.97. The van der Waals surface area contributed by atoms with Crippen LogP contribution in [0.1, 0.15) is 0 Å². The van der Waals surface area contributed by atoms with Crippen molar-refractivity contribution < 1.29 is 8.78 Å². The van der Waals surface area contributed by atoms with Crippen molar-refractivity contribution in [1.82, 2.24) is 9.97 Å². The normalized spacial score (nSPS) is 10.9. The molecule has 0 aliphatic rings. The summed E-state index contributed by atoms with van der Waals surface area (Å²) in [7, 11) is 0. The van der Waals surface area contributed by atoms with Crippen LogP contribution in [0.25, 0.3) is 11.0 Å². The third kappa shape index (κ3) is 1.01. The Balaban J connectivity index is 2.89. The smallest absolute Gasteiger partial charge is 0.287 e. The van der Waals surface area contributed by atoms with E-state index in [4.69, 9.17) is 0 Å². The van der Waals surface area contributed by atoms with Gasteiger partial charge in [0, 0.05) is 0 Å². The summed E-state index contributed by atoms with van der Waals surface area (Å²) in [6.07, 6.45) is -0.776. The molecule has 0 bridgehead atoms. The van der Waals surface area contributed by atoms with Gasteiger partial charge in [0.15, 0.2) is 5.82 Å². The lowest BCUT2D eigenvalue weighted by Gasteiger charge is -1.92. The van der Waals surface area contributed by atoms with Crippen LogP contribution in [0.4, 0.5) is 8.78 Å². The zero-order valence-electron chi connectivity index (χ0n) is 5.74. The molecule has 0 atom stereocenters. The standard InChI is InChI=1S/C7H3BrF2N2/c8-3-1-2-4-6(5(3)9)12-7(10)11-4/h1-2H,(H,11,12). The van der Waals surface area contributed by atoms with Gasteiger partial charge in [0.25, 0.3) is 6.08 Å². The van der Waals surface area contributed by atoms with Crippen LogP contribution in [0.2, 0.25) is 0 Å². The van der Waals surface area contributed by atoms with Crippen molar-refractivity contribution in [1.29, 1.82) is 0 Å². The van der Waals surface area contributed by atoms with E-state index in [2.05, 4.69) is 25.9 Å². The highest BCUT2D eigenvalue weighted by Crippen LogP contribution is 2.22. The Morgan fingerprint density at radius 1 is 1.33 bits per heavy atom. The quantitative estimate of drug-likeness (QED) is 0.744. The molecular weight excluding hydrogens is 230 g/mol. The van der Waals surface area contributed by atoms with Crippen molar-refractivity contribution >= 4 is 27.0 Å². The molecule has 0 saturated heterocycles. The molecule has 1 heterocycles. The fourth-order valence-corrected chi connectivity index (χ4v) is 1.31. The number of rotatable bonds is 0. The van der Waals surface area contributed by atoms with Crippen LogP contribution < -0.4 is 0 Å². The predicted octanol–water partition coefficient (Wildman–Crippen LogP) is 2.60. The van der Waals surface area contributed by atoms with Crippen LogP contribution in [0.3, 0.4) is 0 Å². The van der Waals surface area contributed by atoms with Crippen molar-refractivity contribution in [3.05, 3.63) is 28.5 Å². The molecule has 2 nitrogen and oxygen atoms in total. The molecule has 2 rings (SSSR count). The minimum Gasteiger partial charge on any atom is -0.314 e. The predicted molar refractivity (Wildman–Crippen MR) is 43.7 cm³/mol. The first kappa shape index (κ1) is 7.67. The zero-order valence-corrected chi connectivity index (χ0v) is 7.32. The van der Waals surface area contributed by atoms with Crippen LogP contribution in [-0.2, 0) is 0 Å². The average Bonchev–Trinajstić information content (AvgIpc) is 2.39. The number of imidazole rings is 1. The molecule has 62 valence electrons. The lowest BCUT2D eigenvalue weighted by atomic mass is 10.3. The Hall–Kier alpha value is -0.970. The number of H-pyrrole nitrogens is 1. The number of nitrogens with one attached hydrogen (secondary N) is 1. The van der Waals surface area contributed by atoms with Gasteiger partial charge in [-0.2, -0.15) is 9.37 Å². The topological polar surface area (TPSA) is 28.7 Å². The number of aromatic amines is 1. The maximum Gasteiger partial charge on any atom is 0.287 e. The molecule has 0 spiro atoms. The van der Waals surface area contributed by atoms with Crippen LogP contribution in [0, 0.1) is 11.9 Å². The molecule has 12 heavy (non-hydrogen) atoms. The van der Waals surface area contributed by atoms with E-state index < -0.39 is 11.9 Å². The lowest BCUT2D eigenvalue weighted by molar-refractivity contribution is 0.554. The molecule has 0 amide bonds. The summed E-state index contributed by atoms with van der Waals surface area (Å²) in [5, 5.41) is 0. The maximum atomic E-state index is 13.1. The average molecular weight is 233 g/mol. The second kappa shape index (κ2) is 2.52. The minimum atomic E-state index is -0.776. The fourth-order valence-electron chi connectivity index (χ4n) is 0.987. The summed E-state index contributed by atoms with van der Waals surface area (Å²) < 4.78 is 25.9. The van der Waals surface area contributed by atoms with E-state index in [1.54, 1.807) is 6.07 Å². The first-order valence-electron chi connectivity index (χ1n) is 3.17. The zero-order chi connectivity index (χ0) is 8.72. The van der Waals surface area contributed by atoms with Gasteiger partial charge < -0.3 is 4.98 Å². The van der Waals surface area contributed by atoms with E-state index in [0.29, 0.717) is 5.52 Å². The van der Waals surface area contributed by atoms with Gasteiger partial charge in [0.1, 0.15) is 5.52 Å². The third-order valence-corrected chi connectivity index (χ3v) is 2.13. The van der Waals surface area contributed by atoms with E-state index in [-0.39, 0.29) is 9.99 Å². The minimum absolute atomic E-state index is 0.0156. The molecular formula is C7H3BrF2N2. The molecule has 0 saturated carbocycles. The molecule has 0 aliphatic heterocycles. The number of benzene rings is 1. The van der Waals surface area contributed by atoms with Gasteiger partial charge >= 0.3 is 0 Å². The number of halogens is 3. The Labute approximate surface area is 74.7 Å². The van der Waals surface area contributed by atoms with Gasteiger partial charge in [-0.05, 0) is 28.1 Å². The Morgan fingerprint density at radius 2 is 2.08 bits per heavy atom. The van der Waals surface area contributed by atoms with E-state index in [1.807, 2.05) is 0 Å². The largest absolute Gasteiger partial charge is 0.314 e. The van der Waals surface area contributed by atoms with Gasteiger partial charge in [-0.25, -0.2) is 4.39 Å². The SMILES string of the molecule is Fc1nc2c(F)c(Br)ccc2[nH]1. The van der Waals surface area contributed by atoms with Crippen LogP contribution in [0.15, 0.2) is 16.6 Å². The number of hydrogen-bond donors (Lipinski definition) is 1. The lowest BCUT2D eigenvalue weighted by Crippen LogP contribution is -1.79. The number of aromatic nitrogens is 2. The van der Waals surface area contributed by atoms with Gasteiger partial charge in [-0.3, -0.25) is 0 Å². The van der Waals surface area contributed by atoms with Gasteiger partial charge in [-0.15, -0.1) is 0 Å².